The van der Waals surface area contributed by atoms with Crippen molar-refractivity contribution in [3.8, 4) is 11.8 Å². The number of hydrogen-bond donors (Lipinski definition) is 1. The summed E-state index contributed by atoms with van der Waals surface area (Å²) in [6.07, 6.45) is 42.7. The first kappa shape index (κ1) is 34.9. The highest BCUT2D eigenvalue weighted by atomic mass is 16.3. The standard InChI is InChI=1S/C35H56O2/c1-3-4-28-32-35(37)33-30-27-25-23-21-19-17-15-13-11-9-7-5-6-8-10-12-14-16-18-20-22-24-26-29-31-34(2)36/h4,7,9,13,15,19,21,28,30,33,35,37H,3,5-6,8,10-12,14,16-18,20,22-24,26,29,31-32H2,1-2H3/b9-7-,15-13-,21-19-,28-4-,33-30+/t35-/m0/s1. The number of carbonyl (C=O) groups is 1. The molecule has 2 nitrogen and oxygen atoms in total. The average Bonchev–Trinajstić information content (AvgIpc) is 2.88. The molecule has 0 aromatic rings. The van der Waals surface area contributed by atoms with Crippen molar-refractivity contribution >= 4 is 5.78 Å². The SMILES string of the molecule is CC/C=C\C[C@H](O)/C=C/C#CC/C=C\C/C=C\C/C=C\CCCCCCCCCCCCCCC(C)=O. The van der Waals surface area contributed by atoms with Crippen molar-refractivity contribution in [3.05, 3.63) is 60.8 Å². The quantitative estimate of drug-likeness (QED) is 0.0800. The van der Waals surface area contributed by atoms with Crippen LogP contribution in [0.3, 0.4) is 0 Å². The molecule has 0 amide bonds. The molecule has 0 heterocycles. The molecule has 37 heavy (non-hydrogen) atoms. The van der Waals surface area contributed by atoms with Crippen molar-refractivity contribution in [2.75, 3.05) is 0 Å². The largest absolute Gasteiger partial charge is 0.389 e. The van der Waals surface area contributed by atoms with Gasteiger partial charge in [-0.2, -0.15) is 0 Å². The van der Waals surface area contributed by atoms with Gasteiger partial charge in [0.15, 0.2) is 0 Å². The molecular formula is C35H56O2. The van der Waals surface area contributed by atoms with Gasteiger partial charge in [0.1, 0.15) is 5.78 Å². The maximum atomic E-state index is 10.9. The molecule has 0 unspecified atom stereocenters. The van der Waals surface area contributed by atoms with Crippen LogP contribution in [-0.2, 0) is 4.79 Å². The summed E-state index contributed by atoms with van der Waals surface area (Å²) in [5.41, 5.74) is 0. The van der Waals surface area contributed by atoms with Crippen LogP contribution in [0.15, 0.2) is 60.8 Å². The van der Waals surface area contributed by atoms with Crippen LogP contribution < -0.4 is 0 Å². The third-order valence-electron chi connectivity index (χ3n) is 6.20. The molecule has 0 saturated heterocycles. The molecule has 0 aromatic carbocycles. The first-order chi connectivity index (χ1) is 18.2. The highest BCUT2D eigenvalue weighted by molar-refractivity contribution is 5.75. The second kappa shape index (κ2) is 30.1. The lowest BCUT2D eigenvalue weighted by molar-refractivity contribution is -0.117. The number of rotatable bonds is 24. The van der Waals surface area contributed by atoms with Crippen LogP contribution in [0.4, 0.5) is 0 Å². The highest BCUT2D eigenvalue weighted by Crippen LogP contribution is 2.13. The molecule has 0 radical (unpaired) electrons. The van der Waals surface area contributed by atoms with Crippen molar-refractivity contribution in [1.82, 2.24) is 0 Å². The lowest BCUT2D eigenvalue weighted by atomic mass is 10.0. The predicted octanol–water partition coefficient (Wildman–Crippen LogP) is 10.2. The third-order valence-corrected chi connectivity index (χ3v) is 6.20. The second-order valence-corrected chi connectivity index (χ2v) is 9.94. The number of allylic oxidation sites excluding steroid dienone is 8. The van der Waals surface area contributed by atoms with Gasteiger partial charge in [-0.25, -0.2) is 0 Å². The number of Topliss-reactive ketones (excluding diaryl/α,β-unsaturated/α-hetero) is 1. The van der Waals surface area contributed by atoms with E-state index in [1.165, 1.54) is 77.0 Å². The van der Waals surface area contributed by atoms with Crippen LogP contribution in [0.25, 0.3) is 0 Å². The molecule has 0 fully saturated rings. The van der Waals surface area contributed by atoms with E-state index in [1.807, 2.05) is 6.08 Å². The van der Waals surface area contributed by atoms with Gasteiger partial charge < -0.3 is 9.90 Å². The minimum absolute atomic E-state index is 0.334. The third kappa shape index (κ3) is 31.9. The number of hydrogen-bond acceptors (Lipinski definition) is 2. The smallest absolute Gasteiger partial charge is 0.129 e. The van der Waals surface area contributed by atoms with Crippen LogP contribution in [0, 0.1) is 11.8 Å². The van der Waals surface area contributed by atoms with E-state index in [4.69, 9.17) is 0 Å². The topological polar surface area (TPSA) is 37.3 Å². The Hall–Kier alpha value is -2.11. The van der Waals surface area contributed by atoms with Gasteiger partial charge in [0.05, 0.1) is 6.10 Å². The zero-order chi connectivity index (χ0) is 27.1. The summed E-state index contributed by atoms with van der Waals surface area (Å²) in [6.45, 7) is 3.78. The summed E-state index contributed by atoms with van der Waals surface area (Å²) >= 11 is 0. The van der Waals surface area contributed by atoms with E-state index >= 15 is 0 Å². The van der Waals surface area contributed by atoms with Gasteiger partial charge in [-0.05, 0) is 64.0 Å². The van der Waals surface area contributed by atoms with Gasteiger partial charge >= 0.3 is 0 Å². The minimum atomic E-state index is -0.441. The summed E-state index contributed by atoms with van der Waals surface area (Å²) in [6, 6.07) is 0. The summed E-state index contributed by atoms with van der Waals surface area (Å²) < 4.78 is 0. The first-order valence-corrected chi connectivity index (χ1v) is 15.1. The molecule has 0 spiro atoms. The number of aliphatic hydroxyl groups is 1. The van der Waals surface area contributed by atoms with Crippen LogP contribution in [0.5, 0.6) is 0 Å². The van der Waals surface area contributed by atoms with E-state index in [2.05, 4.69) is 61.3 Å². The van der Waals surface area contributed by atoms with Crippen LogP contribution in [0.1, 0.15) is 136 Å². The molecular weight excluding hydrogens is 452 g/mol. The average molecular weight is 509 g/mol. The Balaban J connectivity index is 3.43. The number of ketones is 1. The van der Waals surface area contributed by atoms with Gasteiger partial charge in [-0.3, -0.25) is 0 Å². The first-order valence-electron chi connectivity index (χ1n) is 15.1. The van der Waals surface area contributed by atoms with Crippen molar-refractivity contribution in [2.45, 2.75) is 142 Å². The summed E-state index contributed by atoms with van der Waals surface area (Å²) in [4.78, 5) is 10.9. The van der Waals surface area contributed by atoms with Crippen LogP contribution in [-0.4, -0.2) is 17.0 Å². The van der Waals surface area contributed by atoms with Gasteiger partial charge in [-0.1, -0.05) is 132 Å². The van der Waals surface area contributed by atoms with E-state index in [9.17, 15) is 9.90 Å². The summed E-state index contributed by atoms with van der Waals surface area (Å²) in [5, 5.41) is 9.73. The fourth-order valence-corrected chi connectivity index (χ4v) is 3.96. The molecule has 1 N–H and O–H groups in total. The van der Waals surface area contributed by atoms with E-state index in [0.717, 1.165) is 38.5 Å². The monoisotopic (exact) mass is 508 g/mol. The van der Waals surface area contributed by atoms with Gasteiger partial charge in [-0.15, -0.1) is 0 Å². The Morgan fingerprint density at radius 1 is 0.703 bits per heavy atom. The maximum absolute atomic E-state index is 10.9. The van der Waals surface area contributed by atoms with Crippen molar-refractivity contribution in [1.29, 1.82) is 0 Å². The normalized spacial score (nSPS) is 12.9. The van der Waals surface area contributed by atoms with E-state index < -0.39 is 6.10 Å². The number of unbranched alkanes of at least 4 members (excludes halogenated alkanes) is 12. The van der Waals surface area contributed by atoms with Gasteiger partial charge in [0, 0.05) is 12.8 Å². The number of aliphatic hydroxyl groups excluding tert-OH is 1. The van der Waals surface area contributed by atoms with Crippen molar-refractivity contribution in [3.63, 3.8) is 0 Å². The Bertz CT molecular complexity index is 711. The molecule has 0 rings (SSSR count). The molecule has 0 aliphatic heterocycles. The molecule has 0 aromatic heterocycles. The maximum Gasteiger partial charge on any atom is 0.129 e. The number of carbonyl (C=O) groups excluding carboxylic acids is 1. The molecule has 208 valence electrons. The Morgan fingerprint density at radius 3 is 1.84 bits per heavy atom. The van der Waals surface area contributed by atoms with E-state index in [0.29, 0.717) is 12.2 Å². The fourth-order valence-electron chi connectivity index (χ4n) is 3.96. The Kier molecular flexibility index (Phi) is 28.4. The summed E-state index contributed by atoms with van der Waals surface area (Å²) in [5.74, 6) is 6.38. The Morgan fingerprint density at radius 2 is 1.24 bits per heavy atom. The fraction of sp³-hybridized carbons (Fsp3) is 0.629. The molecule has 0 saturated carbocycles. The van der Waals surface area contributed by atoms with Crippen LogP contribution in [0.2, 0.25) is 0 Å². The zero-order valence-corrected chi connectivity index (χ0v) is 24.1. The second-order valence-electron chi connectivity index (χ2n) is 9.94. The highest BCUT2D eigenvalue weighted by Gasteiger charge is 1.96. The molecule has 0 bridgehead atoms. The van der Waals surface area contributed by atoms with Gasteiger partial charge in [0.2, 0.25) is 0 Å². The molecule has 0 aliphatic rings. The predicted molar refractivity (Wildman–Crippen MR) is 164 cm³/mol. The zero-order valence-electron chi connectivity index (χ0n) is 24.1. The summed E-state index contributed by atoms with van der Waals surface area (Å²) in [7, 11) is 0. The minimum Gasteiger partial charge on any atom is -0.389 e. The Labute approximate surface area is 230 Å². The molecule has 0 aliphatic carbocycles. The van der Waals surface area contributed by atoms with E-state index in [1.54, 1.807) is 19.1 Å². The van der Waals surface area contributed by atoms with Crippen molar-refractivity contribution in [2.24, 2.45) is 0 Å². The molecule has 2 heteroatoms. The molecule has 1 atom stereocenters. The lowest BCUT2D eigenvalue weighted by Crippen LogP contribution is -1.98. The lowest BCUT2D eigenvalue weighted by Gasteiger charge is -2.02. The van der Waals surface area contributed by atoms with E-state index in [-0.39, 0.29) is 0 Å². The van der Waals surface area contributed by atoms with Crippen LogP contribution >= 0.6 is 0 Å². The van der Waals surface area contributed by atoms with Gasteiger partial charge in [0.25, 0.3) is 0 Å². The van der Waals surface area contributed by atoms with Crippen molar-refractivity contribution < 1.29 is 9.90 Å².